The second kappa shape index (κ2) is 6.00. The molecule has 2 aromatic rings. The molecule has 1 saturated heterocycles. The van der Waals surface area contributed by atoms with Crippen LogP contribution in [0.5, 0.6) is 0 Å². The van der Waals surface area contributed by atoms with E-state index in [0.29, 0.717) is 17.0 Å². The zero-order valence-corrected chi connectivity index (χ0v) is 14.8. The van der Waals surface area contributed by atoms with Crippen molar-refractivity contribution < 1.29 is 13.2 Å². The molecule has 4 rings (SSSR count). The molecule has 2 aromatic carbocycles. The molecule has 2 aliphatic rings. The summed E-state index contributed by atoms with van der Waals surface area (Å²) in [7, 11) is -3.69. The molecule has 0 aromatic heterocycles. The number of nitrogens with one attached hydrogen (secondary N) is 2. The van der Waals surface area contributed by atoms with Crippen LogP contribution < -0.4 is 14.9 Å². The summed E-state index contributed by atoms with van der Waals surface area (Å²) < 4.78 is 27.0. The van der Waals surface area contributed by atoms with Gasteiger partial charge in [-0.15, -0.1) is 0 Å². The summed E-state index contributed by atoms with van der Waals surface area (Å²) in [5, 5.41) is 7.82. The predicted octanol–water partition coefficient (Wildman–Crippen LogP) is 1.46. The summed E-state index contributed by atoms with van der Waals surface area (Å²) in [6.07, 6.45) is 0.998. The maximum absolute atomic E-state index is 12.9. The Bertz CT molecular complexity index is 936. The second-order valence-electron chi connectivity index (χ2n) is 6.79. The van der Waals surface area contributed by atoms with E-state index in [9.17, 15) is 13.2 Å². The monoisotopic (exact) mass is 359 g/mol. The van der Waals surface area contributed by atoms with Crippen LogP contribution in [0.2, 0.25) is 0 Å². The first-order valence-electron chi connectivity index (χ1n) is 8.53. The SMILES string of the molecule is CC1CCNCC1NC(=O)CN1c2cccc3cccc(c23)S1(=O)=O. The molecule has 0 aliphatic carbocycles. The number of carbonyl (C=O) groups is 1. The highest BCUT2D eigenvalue weighted by Crippen LogP contribution is 2.41. The van der Waals surface area contributed by atoms with E-state index in [1.165, 1.54) is 4.31 Å². The van der Waals surface area contributed by atoms with E-state index in [1.54, 1.807) is 18.2 Å². The second-order valence-corrected chi connectivity index (χ2v) is 8.62. The summed E-state index contributed by atoms with van der Waals surface area (Å²) in [5.41, 5.74) is 0.582. The minimum Gasteiger partial charge on any atom is -0.350 e. The van der Waals surface area contributed by atoms with Crippen molar-refractivity contribution in [2.24, 2.45) is 5.92 Å². The number of piperidine rings is 1. The van der Waals surface area contributed by atoms with E-state index < -0.39 is 10.0 Å². The molecule has 2 unspecified atom stereocenters. The molecule has 1 fully saturated rings. The van der Waals surface area contributed by atoms with Crippen LogP contribution in [0.15, 0.2) is 41.3 Å². The third-order valence-electron chi connectivity index (χ3n) is 5.14. The topological polar surface area (TPSA) is 78.5 Å². The van der Waals surface area contributed by atoms with Gasteiger partial charge in [0.1, 0.15) is 6.54 Å². The van der Waals surface area contributed by atoms with Gasteiger partial charge in [0.15, 0.2) is 0 Å². The lowest BCUT2D eigenvalue weighted by Crippen LogP contribution is -2.52. The quantitative estimate of drug-likeness (QED) is 0.870. The summed E-state index contributed by atoms with van der Waals surface area (Å²) in [6.45, 7) is 3.58. The third kappa shape index (κ3) is 2.67. The Kier molecular flexibility index (Phi) is 3.92. The Morgan fingerprint density at radius 1 is 1.28 bits per heavy atom. The minimum atomic E-state index is -3.69. The van der Waals surface area contributed by atoms with Crippen LogP contribution in [0.3, 0.4) is 0 Å². The fraction of sp³-hybridized carbons (Fsp3) is 0.389. The Labute approximate surface area is 147 Å². The zero-order valence-electron chi connectivity index (χ0n) is 14.0. The Morgan fingerprint density at radius 2 is 2.04 bits per heavy atom. The highest BCUT2D eigenvalue weighted by atomic mass is 32.2. The lowest BCUT2D eigenvalue weighted by atomic mass is 9.95. The summed E-state index contributed by atoms with van der Waals surface area (Å²) in [4.78, 5) is 12.8. The third-order valence-corrected chi connectivity index (χ3v) is 6.94. The van der Waals surface area contributed by atoms with Crippen LogP contribution in [0.25, 0.3) is 10.8 Å². The standard InChI is InChI=1S/C18H21N3O3S/c1-12-8-9-19-10-14(12)20-17(22)11-21-15-6-2-4-13-5-3-7-16(18(13)15)25(21,23)24/h2-7,12,14,19H,8-11H2,1H3,(H,20,22). The normalized spacial score (nSPS) is 24.4. The van der Waals surface area contributed by atoms with E-state index in [2.05, 4.69) is 17.6 Å². The van der Waals surface area contributed by atoms with Gasteiger partial charge in [-0.2, -0.15) is 0 Å². The Morgan fingerprint density at radius 3 is 2.80 bits per heavy atom. The van der Waals surface area contributed by atoms with Crippen molar-refractivity contribution in [2.45, 2.75) is 24.3 Å². The lowest BCUT2D eigenvalue weighted by Gasteiger charge is -2.31. The van der Waals surface area contributed by atoms with Gasteiger partial charge in [0, 0.05) is 18.0 Å². The first kappa shape index (κ1) is 16.4. The van der Waals surface area contributed by atoms with E-state index in [0.717, 1.165) is 24.9 Å². The molecular weight excluding hydrogens is 338 g/mol. The van der Waals surface area contributed by atoms with Crippen LogP contribution in [0.1, 0.15) is 13.3 Å². The number of benzene rings is 2. The van der Waals surface area contributed by atoms with Crippen molar-refractivity contribution in [1.29, 1.82) is 0 Å². The molecule has 132 valence electrons. The van der Waals surface area contributed by atoms with Gasteiger partial charge in [-0.1, -0.05) is 31.2 Å². The molecule has 2 heterocycles. The van der Waals surface area contributed by atoms with Crippen LogP contribution in [-0.2, 0) is 14.8 Å². The molecule has 2 N–H and O–H groups in total. The van der Waals surface area contributed by atoms with Gasteiger partial charge in [0.25, 0.3) is 10.0 Å². The van der Waals surface area contributed by atoms with E-state index in [4.69, 9.17) is 0 Å². The van der Waals surface area contributed by atoms with Crippen LogP contribution in [-0.4, -0.2) is 40.0 Å². The molecule has 6 nitrogen and oxygen atoms in total. The fourth-order valence-corrected chi connectivity index (χ4v) is 5.36. The molecule has 0 radical (unpaired) electrons. The van der Waals surface area contributed by atoms with Gasteiger partial charge in [-0.25, -0.2) is 8.42 Å². The van der Waals surface area contributed by atoms with Crippen LogP contribution >= 0.6 is 0 Å². The van der Waals surface area contributed by atoms with Crippen molar-refractivity contribution in [2.75, 3.05) is 23.9 Å². The number of nitrogens with zero attached hydrogens (tertiary/aromatic N) is 1. The fourth-order valence-electron chi connectivity index (χ4n) is 3.69. The van der Waals surface area contributed by atoms with Gasteiger partial charge in [-0.05, 0) is 36.4 Å². The minimum absolute atomic E-state index is 0.0322. The number of amides is 1. The molecule has 0 bridgehead atoms. The molecule has 2 aliphatic heterocycles. The smallest absolute Gasteiger partial charge is 0.265 e. The number of hydrogen-bond donors (Lipinski definition) is 2. The van der Waals surface area contributed by atoms with Crippen LogP contribution in [0, 0.1) is 5.92 Å². The van der Waals surface area contributed by atoms with Crippen molar-refractivity contribution in [1.82, 2.24) is 10.6 Å². The maximum atomic E-state index is 12.9. The molecule has 25 heavy (non-hydrogen) atoms. The molecule has 2 atom stereocenters. The number of carbonyl (C=O) groups excluding carboxylic acids is 1. The summed E-state index contributed by atoms with van der Waals surface area (Å²) in [6, 6.07) is 10.7. The molecule has 1 amide bonds. The zero-order chi connectivity index (χ0) is 17.6. The van der Waals surface area contributed by atoms with E-state index in [-0.39, 0.29) is 23.4 Å². The van der Waals surface area contributed by atoms with Gasteiger partial charge in [0.05, 0.1) is 10.6 Å². The Hall–Kier alpha value is -2.12. The summed E-state index contributed by atoms with van der Waals surface area (Å²) >= 11 is 0. The predicted molar refractivity (Wildman–Crippen MR) is 97.1 cm³/mol. The highest BCUT2D eigenvalue weighted by Gasteiger charge is 2.37. The van der Waals surface area contributed by atoms with Gasteiger partial charge < -0.3 is 10.6 Å². The first-order valence-corrected chi connectivity index (χ1v) is 9.97. The molecule has 0 saturated carbocycles. The first-order chi connectivity index (χ1) is 12.0. The van der Waals surface area contributed by atoms with Crippen molar-refractivity contribution in [3.8, 4) is 0 Å². The van der Waals surface area contributed by atoms with E-state index >= 15 is 0 Å². The summed E-state index contributed by atoms with van der Waals surface area (Å²) in [5.74, 6) is 0.106. The van der Waals surface area contributed by atoms with Crippen molar-refractivity contribution in [3.05, 3.63) is 36.4 Å². The average Bonchev–Trinajstić information content (AvgIpc) is 2.81. The molecule has 0 spiro atoms. The number of anilines is 1. The number of rotatable bonds is 3. The number of sulfonamides is 1. The maximum Gasteiger partial charge on any atom is 0.265 e. The average molecular weight is 359 g/mol. The Balaban J connectivity index is 1.61. The number of hydrogen-bond acceptors (Lipinski definition) is 4. The largest absolute Gasteiger partial charge is 0.350 e. The van der Waals surface area contributed by atoms with Gasteiger partial charge in [-0.3, -0.25) is 9.10 Å². The van der Waals surface area contributed by atoms with E-state index in [1.807, 2.05) is 18.2 Å². The van der Waals surface area contributed by atoms with Gasteiger partial charge in [0.2, 0.25) is 5.91 Å². The highest BCUT2D eigenvalue weighted by molar-refractivity contribution is 7.93. The van der Waals surface area contributed by atoms with Crippen molar-refractivity contribution in [3.63, 3.8) is 0 Å². The molecular formula is C18H21N3O3S. The lowest BCUT2D eigenvalue weighted by molar-refractivity contribution is -0.120. The molecule has 7 heteroatoms. The van der Waals surface area contributed by atoms with Gasteiger partial charge >= 0.3 is 0 Å². The van der Waals surface area contributed by atoms with Crippen molar-refractivity contribution >= 4 is 32.4 Å². The van der Waals surface area contributed by atoms with Crippen LogP contribution in [0.4, 0.5) is 5.69 Å².